The number of unbranched alkanes of at least 4 members (excludes halogenated alkanes) is 12. The Labute approximate surface area is 240 Å². The molecule has 0 aromatic heterocycles. The second kappa shape index (κ2) is 19.1. The molecule has 194 valence electrons. The molecule has 0 aliphatic carbocycles. The fourth-order valence-electron chi connectivity index (χ4n) is 3.57. The molecule has 1 aromatic rings. The molecular formula is C25H39Cl3IN3OS. The molecule has 1 atom stereocenters. The number of halogens is 4. The van der Waals surface area contributed by atoms with Crippen molar-refractivity contribution < 1.29 is 4.79 Å². The molecule has 34 heavy (non-hydrogen) atoms. The van der Waals surface area contributed by atoms with E-state index in [9.17, 15) is 4.79 Å². The van der Waals surface area contributed by atoms with Gasteiger partial charge in [0.1, 0.15) is 6.17 Å². The smallest absolute Gasteiger partial charge is 0.228 e. The standard InChI is InChI=1S/C25H39Cl3IN3OS/c1-2-3-4-5-6-7-8-9-10-11-12-13-14-15-22(33)31-23(25(26,27)28)32-24(34)30-21-18-16-20(29)17-19-21/h16-19,23H,2-15H2,1H3,(H,31,33)(H2,30,32,34)/t23-/m1/s1. The maximum atomic E-state index is 12.4. The maximum absolute atomic E-state index is 12.4. The number of hydrogen-bond donors (Lipinski definition) is 3. The Morgan fingerprint density at radius 3 is 1.79 bits per heavy atom. The average Bonchev–Trinajstić information content (AvgIpc) is 2.77. The number of hydrogen-bond acceptors (Lipinski definition) is 2. The van der Waals surface area contributed by atoms with E-state index in [2.05, 4.69) is 45.5 Å². The molecule has 0 heterocycles. The van der Waals surface area contributed by atoms with Gasteiger partial charge >= 0.3 is 0 Å². The molecule has 0 radical (unpaired) electrons. The van der Waals surface area contributed by atoms with Gasteiger partial charge in [-0.1, -0.05) is 119 Å². The van der Waals surface area contributed by atoms with E-state index in [4.69, 9.17) is 47.0 Å². The molecule has 1 rings (SSSR count). The summed E-state index contributed by atoms with van der Waals surface area (Å²) >= 11 is 25.7. The van der Waals surface area contributed by atoms with Crippen LogP contribution >= 0.6 is 69.6 Å². The first-order chi connectivity index (χ1) is 16.2. The third-order valence-electron chi connectivity index (χ3n) is 5.52. The van der Waals surface area contributed by atoms with E-state index in [1.807, 2.05) is 24.3 Å². The van der Waals surface area contributed by atoms with E-state index in [-0.39, 0.29) is 11.0 Å². The van der Waals surface area contributed by atoms with Gasteiger partial charge in [-0.3, -0.25) is 4.79 Å². The maximum Gasteiger partial charge on any atom is 0.228 e. The minimum Gasteiger partial charge on any atom is -0.339 e. The van der Waals surface area contributed by atoms with Gasteiger partial charge in [0.05, 0.1) is 0 Å². The van der Waals surface area contributed by atoms with Gasteiger partial charge < -0.3 is 16.0 Å². The van der Waals surface area contributed by atoms with Crippen molar-refractivity contribution >= 4 is 86.3 Å². The highest BCUT2D eigenvalue weighted by molar-refractivity contribution is 14.1. The highest BCUT2D eigenvalue weighted by atomic mass is 127. The lowest BCUT2D eigenvalue weighted by molar-refractivity contribution is -0.122. The molecule has 0 aliphatic heterocycles. The van der Waals surface area contributed by atoms with Crippen LogP contribution in [0.5, 0.6) is 0 Å². The van der Waals surface area contributed by atoms with Gasteiger partial charge in [-0.25, -0.2) is 0 Å². The number of anilines is 1. The Kier molecular flexibility index (Phi) is 18.0. The minimum absolute atomic E-state index is 0.163. The first-order valence-electron chi connectivity index (χ1n) is 12.4. The van der Waals surface area contributed by atoms with Gasteiger partial charge in [0.15, 0.2) is 5.11 Å². The predicted octanol–water partition coefficient (Wildman–Crippen LogP) is 8.87. The zero-order valence-corrected chi connectivity index (χ0v) is 25.4. The van der Waals surface area contributed by atoms with E-state index >= 15 is 0 Å². The van der Waals surface area contributed by atoms with Crippen LogP contribution in [0.15, 0.2) is 24.3 Å². The fraction of sp³-hybridized carbons (Fsp3) is 0.680. The summed E-state index contributed by atoms with van der Waals surface area (Å²) in [6.45, 7) is 2.26. The lowest BCUT2D eigenvalue weighted by Gasteiger charge is -2.27. The Balaban J connectivity index is 2.17. The summed E-state index contributed by atoms with van der Waals surface area (Å²) in [5, 5.41) is 8.94. The van der Waals surface area contributed by atoms with E-state index in [1.165, 1.54) is 64.2 Å². The molecule has 4 nitrogen and oxygen atoms in total. The lowest BCUT2D eigenvalue weighted by atomic mass is 10.0. The number of amides is 1. The van der Waals surface area contributed by atoms with Crippen molar-refractivity contribution in [2.45, 2.75) is 107 Å². The topological polar surface area (TPSA) is 53.2 Å². The molecule has 1 aromatic carbocycles. The third kappa shape index (κ3) is 16.6. The van der Waals surface area contributed by atoms with Gasteiger partial charge in [-0.2, -0.15) is 0 Å². The molecule has 0 bridgehead atoms. The third-order valence-corrected chi connectivity index (χ3v) is 7.11. The molecule has 0 fully saturated rings. The number of rotatable bonds is 17. The molecule has 0 saturated heterocycles. The number of thiocarbonyl (C=S) groups is 1. The Morgan fingerprint density at radius 1 is 0.853 bits per heavy atom. The van der Waals surface area contributed by atoms with E-state index in [1.54, 1.807) is 0 Å². The van der Waals surface area contributed by atoms with Crippen molar-refractivity contribution in [3.05, 3.63) is 27.8 Å². The fourth-order valence-corrected chi connectivity index (χ4v) is 4.49. The largest absolute Gasteiger partial charge is 0.339 e. The molecule has 3 N–H and O–H groups in total. The first kappa shape index (κ1) is 32.0. The average molecular weight is 663 g/mol. The van der Waals surface area contributed by atoms with E-state index in [0.717, 1.165) is 28.5 Å². The van der Waals surface area contributed by atoms with Crippen LogP contribution in [0.2, 0.25) is 0 Å². The van der Waals surface area contributed by atoms with Crippen LogP contribution in [0.25, 0.3) is 0 Å². The van der Waals surface area contributed by atoms with Crippen LogP contribution in [0, 0.1) is 3.57 Å². The summed E-state index contributed by atoms with van der Waals surface area (Å²) in [7, 11) is 0. The highest BCUT2D eigenvalue weighted by Crippen LogP contribution is 2.29. The Bertz CT molecular complexity index is 702. The number of benzene rings is 1. The number of alkyl halides is 3. The van der Waals surface area contributed by atoms with Crippen LogP contribution in [-0.2, 0) is 4.79 Å². The number of carbonyl (C=O) groups is 1. The summed E-state index contributed by atoms with van der Waals surface area (Å²) in [6.07, 6.45) is 15.9. The number of nitrogens with one attached hydrogen (secondary N) is 3. The minimum atomic E-state index is -1.75. The van der Waals surface area contributed by atoms with Crippen molar-refractivity contribution in [1.82, 2.24) is 10.6 Å². The monoisotopic (exact) mass is 661 g/mol. The van der Waals surface area contributed by atoms with Crippen LogP contribution in [-0.4, -0.2) is 21.0 Å². The molecule has 0 saturated carbocycles. The van der Waals surface area contributed by atoms with Crippen molar-refractivity contribution in [2.24, 2.45) is 0 Å². The Morgan fingerprint density at radius 2 is 1.32 bits per heavy atom. The van der Waals surface area contributed by atoms with Crippen molar-refractivity contribution in [3.8, 4) is 0 Å². The zero-order valence-electron chi connectivity index (χ0n) is 20.1. The molecular weight excluding hydrogens is 624 g/mol. The molecule has 0 spiro atoms. The van der Waals surface area contributed by atoms with Gasteiger partial charge in [-0.15, -0.1) is 0 Å². The molecule has 0 unspecified atom stereocenters. The second-order valence-corrected chi connectivity index (χ2v) is 12.7. The molecule has 0 aliphatic rings. The summed E-state index contributed by atoms with van der Waals surface area (Å²) in [6, 6.07) is 7.70. The second-order valence-electron chi connectivity index (χ2n) is 8.64. The number of carbonyl (C=O) groups excluding carboxylic acids is 1. The normalized spacial score (nSPS) is 12.3. The predicted molar refractivity (Wildman–Crippen MR) is 161 cm³/mol. The Hall–Kier alpha value is -0.0200. The SMILES string of the molecule is CCCCCCCCCCCCCCCC(=O)N[C@H](NC(=S)Nc1ccc(I)cc1)C(Cl)(Cl)Cl. The van der Waals surface area contributed by atoms with Crippen LogP contribution < -0.4 is 16.0 Å². The first-order valence-corrected chi connectivity index (χ1v) is 15.0. The highest BCUT2D eigenvalue weighted by Gasteiger charge is 2.34. The summed E-state index contributed by atoms with van der Waals surface area (Å²) in [4.78, 5) is 12.4. The lowest BCUT2D eigenvalue weighted by Crippen LogP contribution is -2.56. The van der Waals surface area contributed by atoms with Crippen LogP contribution in [0.3, 0.4) is 0 Å². The molecule has 9 heteroatoms. The summed E-state index contributed by atoms with van der Waals surface area (Å²) < 4.78 is -0.634. The summed E-state index contributed by atoms with van der Waals surface area (Å²) in [5.74, 6) is -0.163. The van der Waals surface area contributed by atoms with Gasteiger partial charge in [-0.05, 0) is 65.5 Å². The molecule has 1 amide bonds. The van der Waals surface area contributed by atoms with Gasteiger partial charge in [0.2, 0.25) is 9.70 Å². The van der Waals surface area contributed by atoms with E-state index < -0.39 is 9.96 Å². The van der Waals surface area contributed by atoms with Crippen molar-refractivity contribution in [2.75, 3.05) is 5.32 Å². The quantitative estimate of drug-likeness (QED) is 0.0513. The van der Waals surface area contributed by atoms with Gasteiger partial charge in [0, 0.05) is 15.7 Å². The van der Waals surface area contributed by atoms with Crippen LogP contribution in [0.1, 0.15) is 96.8 Å². The summed E-state index contributed by atoms with van der Waals surface area (Å²) in [5.41, 5.74) is 0.805. The zero-order chi connectivity index (χ0) is 25.2. The van der Waals surface area contributed by atoms with Crippen LogP contribution in [0.4, 0.5) is 5.69 Å². The van der Waals surface area contributed by atoms with E-state index in [0.29, 0.717) is 6.42 Å². The van der Waals surface area contributed by atoms with Crippen molar-refractivity contribution in [3.63, 3.8) is 0 Å². The van der Waals surface area contributed by atoms with Crippen molar-refractivity contribution in [1.29, 1.82) is 0 Å². The van der Waals surface area contributed by atoms with Gasteiger partial charge in [0.25, 0.3) is 0 Å².